The van der Waals surface area contributed by atoms with Gasteiger partial charge in [0.25, 0.3) is 10.0 Å². The van der Waals surface area contributed by atoms with Crippen LogP contribution in [0.15, 0.2) is 53.4 Å². The van der Waals surface area contributed by atoms with Crippen LogP contribution in [0, 0.1) is 5.82 Å². The van der Waals surface area contributed by atoms with E-state index in [2.05, 4.69) is 0 Å². The van der Waals surface area contributed by atoms with Crippen LogP contribution in [-0.4, -0.2) is 15.0 Å². The molecule has 110 valence electrons. The summed E-state index contributed by atoms with van der Waals surface area (Å²) in [6, 6.07) is 12.3. The van der Waals surface area contributed by atoms with Crippen LogP contribution in [0.25, 0.3) is 0 Å². The standard InChI is InChI=1S/C15H15FN2O2S/c16-12-6-2-4-8-15(12)21(19,20)18-10-9-13(17)11-5-1-3-7-14(11)18/h1-8,13H,9-10,17H2. The van der Waals surface area contributed by atoms with E-state index < -0.39 is 15.8 Å². The lowest BCUT2D eigenvalue weighted by molar-refractivity contribution is 0.555. The van der Waals surface area contributed by atoms with Crippen molar-refractivity contribution in [1.82, 2.24) is 0 Å². The summed E-state index contributed by atoms with van der Waals surface area (Å²) in [6.07, 6.45) is 0.505. The van der Waals surface area contributed by atoms with E-state index in [4.69, 9.17) is 5.73 Å². The van der Waals surface area contributed by atoms with Crippen molar-refractivity contribution in [2.75, 3.05) is 10.8 Å². The number of rotatable bonds is 2. The van der Waals surface area contributed by atoms with Gasteiger partial charge in [-0.1, -0.05) is 30.3 Å². The zero-order chi connectivity index (χ0) is 15.0. The highest BCUT2D eigenvalue weighted by atomic mass is 32.2. The van der Waals surface area contributed by atoms with Crippen molar-refractivity contribution in [3.05, 3.63) is 59.9 Å². The number of benzene rings is 2. The number of nitrogens with zero attached hydrogens (tertiary/aromatic N) is 1. The number of para-hydroxylation sites is 1. The Bertz CT molecular complexity index is 777. The molecule has 0 aliphatic carbocycles. The lowest BCUT2D eigenvalue weighted by Gasteiger charge is -2.33. The Labute approximate surface area is 123 Å². The molecule has 0 fully saturated rings. The fraction of sp³-hybridized carbons (Fsp3) is 0.200. The lowest BCUT2D eigenvalue weighted by Crippen LogP contribution is -2.38. The molecule has 2 aromatic carbocycles. The molecule has 0 saturated carbocycles. The van der Waals surface area contributed by atoms with Gasteiger partial charge in [0, 0.05) is 12.6 Å². The maximum absolute atomic E-state index is 13.9. The van der Waals surface area contributed by atoms with Crippen LogP contribution in [0.4, 0.5) is 10.1 Å². The summed E-state index contributed by atoms with van der Waals surface area (Å²) in [7, 11) is -3.93. The molecule has 6 heteroatoms. The van der Waals surface area contributed by atoms with Gasteiger partial charge in [0.1, 0.15) is 10.7 Å². The van der Waals surface area contributed by atoms with Crippen LogP contribution in [0.3, 0.4) is 0 Å². The fourth-order valence-corrected chi connectivity index (χ4v) is 4.16. The molecule has 1 heterocycles. The predicted octanol–water partition coefficient (Wildman–Crippen LogP) is 2.42. The smallest absolute Gasteiger partial charge is 0.267 e. The molecule has 4 nitrogen and oxygen atoms in total. The molecule has 0 saturated heterocycles. The highest BCUT2D eigenvalue weighted by Gasteiger charge is 2.33. The Hall–Kier alpha value is -1.92. The maximum atomic E-state index is 13.9. The average Bonchev–Trinajstić information content (AvgIpc) is 2.48. The van der Waals surface area contributed by atoms with Crippen LogP contribution in [0.5, 0.6) is 0 Å². The molecular formula is C15H15FN2O2S. The first-order valence-electron chi connectivity index (χ1n) is 6.63. The second-order valence-corrected chi connectivity index (χ2v) is 6.79. The molecule has 1 aliphatic heterocycles. The third kappa shape index (κ3) is 2.30. The van der Waals surface area contributed by atoms with Gasteiger partial charge >= 0.3 is 0 Å². The third-order valence-electron chi connectivity index (χ3n) is 3.65. The van der Waals surface area contributed by atoms with E-state index in [1.54, 1.807) is 12.1 Å². The van der Waals surface area contributed by atoms with E-state index in [1.165, 1.54) is 22.5 Å². The van der Waals surface area contributed by atoms with E-state index in [0.717, 1.165) is 11.6 Å². The van der Waals surface area contributed by atoms with Crippen molar-refractivity contribution >= 4 is 15.7 Å². The minimum Gasteiger partial charge on any atom is -0.324 e. The third-order valence-corrected chi connectivity index (χ3v) is 5.50. The fourth-order valence-electron chi connectivity index (χ4n) is 2.58. The van der Waals surface area contributed by atoms with Gasteiger partial charge in [0.05, 0.1) is 5.69 Å². The summed E-state index contributed by atoms with van der Waals surface area (Å²) < 4.78 is 40.5. The molecule has 21 heavy (non-hydrogen) atoms. The molecule has 0 aromatic heterocycles. The molecule has 0 radical (unpaired) electrons. The number of halogens is 1. The molecule has 1 atom stereocenters. The van der Waals surface area contributed by atoms with Crippen molar-refractivity contribution in [3.63, 3.8) is 0 Å². The largest absolute Gasteiger partial charge is 0.324 e. The van der Waals surface area contributed by atoms with Gasteiger partial charge in [-0.05, 0) is 30.2 Å². The van der Waals surface area contributed by atoms with Crippen molar-refractivity contribution in [2.45, 2.75) is 17.4 Å². The minimum atomic E-state index is -3.93. The van der Waals surface area contributed by atoms with E-state index in [1.807, 2.05) is 12.1 Å². The molecule has 2 N–H and O–H groups in total. The quantitative estimate of drug-likeness (QED) is 0.927. The Morgan fingerprint density at radius 2 is 1.76 bits per heavy atom. The van der Waals surface area contributed by atoms with Crippen LogP contribution in [0.2, 0.25) is 0 Å². The van der Waals surface area contributed by atoms with Crippen molar-refractivity contribution < 1.29 is 12.8 Å². The summed E-state index contributed by atoms with van der Waals surface area (Å²) in [4.78, 5) is -0.310. The first kappa shape index (κ1) is 14.0. The molecule has 0 amide bonds. The number of hydrogen-bond donors (Lipinski definition) is 1. The van der Waals surface area contributed by atoms with Crippen molar-refractivity contribution in [1.29, 1.82) is 0 Å². The summed E-state index contributed by atoms with van der Waals surface area (Å²) in [5.74, 6) is -0.746. The first-order chi connectivity index (χ1) is 10.0. The summed E-state index contributed by atoms with van der Waals surface area (Å²) in [5, 5.41) is 0. The van der Waals surface area contributed by atoms with Crippen molar-refractivity contribution in [2.24, 2.45) is 5.73 Å². The van der Waals surface area contributed by atoms with Crippen LogP contribution in [0.1, 0.15) is 18.0 Å². The Morgan fingerprint density at radius 1 is 1.10 bits per heavy atom. The van der Waals surface area contributed by atoms with E-state index in [9.17, 15) is 12.8 Å². The molecule has 0 spiro atoms. The highest BCUT2D eigenvalue weighted by molar-refractivity contribution is 7.92. The van der Waals surface area contributed by atoms with E-state index in [0.29, 0.717) is 12.1 Å². The first-order valence-corrected chi connectivity index (χ1v) is 8.07. The Balaban J connectivity index is 2.14. The zero-order valence-corrected chi connectivity index (χ0v) is 12.1. The molecule has 2 aromatic rings. The summed E-state index contributed by atoms with van der Waals surface area (Å²) >= 11 is 0. The minimum absolute atomic E-state index is 0.201. The molecular weight excluding hydrogens is 291 g/mol. The van der Waals surface area contributed by atoms with Gasteiger partial charge in [-0.15, -0.1) is 0 Å². The van der Waals surface area contributed by atoms with Gasteiger partial charge < -0.3 is 5.73 Å². The summed E-state index contributed by atoms with van der Waals surface area (Å²) in [5.41, 5.74) is 7.32. The predicted molar refractivity (Wildman–Crippen MR) is 78.9 cm³/mol. The Morgan fingerprint density at radius 3 is 2.52 bits per heavy atom. The van der Waals surface area contributed by atoms with Gasteiger partial charge in [-0.2, -0.15) is 0 Å². The maximum Gasteiger partial charge on any atom is 0.267 e. The molecule has 0 bridgehead atoms. The van der Waals surface area contributed by atoms with Gasteiger partial charge in [0.2, 0.25) is 0 Å². The van der Waals surface area contributed by atoms with Crippen LogP contribution >= 0.6 is 0 Å². The van der Waals surface area contributed by atoms with Crippen LogP contribution < -0.4 is 10.0 Å². The molecule has 3 rings (SSSR count). The highest BCUT2D eigenvalue weighted by Crippen LogP contribution is 2.36. The number of hydrogen-bond acceptors (Lipinski definition) is 3. The second-order valence-electron chi connectivity index (χ2n) is 4.96. The Kier molecular flexibility index (Phi) is 3.43. The van der Waals surface area contributed by atoms with E-state index >= 15 is 0 Å². The second kappa shape index (κ2) is 5.13. The van der Waals surface area contributed by atoms with Gasteiger partial charge in [-0.25, -0.2) is 12.8 Å². The molecule has 1 unspecified atom stereocenters. The number of fused-ring (bicyclic) bond motifs is 1. The SMILES string of the molecule is NC1CCN(S(=O)(=O)c2ccccc2F)c2ccccc21. The zero-order valence-electron chi connectivity index (χ0n) is 11.2. The topological polar surface area (TPSA) is 63.4 Å². The number of anilines is 1. The van der Waals surface area contributed by atoms with Crippen LogP contribution in [-0.2, 0) is 10.0 Å². The summed E-state index contributed by atoms with van der Waals surface area (Å²) in [6.45, 7) is 0.245. The molecule has 1 aliphatic rings. The normalized spacial score (nSPS) is 18.4. The van der Waals surface area contributed by atoms with Crippen molar-refractivity contribution in [3.8, 4) is 0 Å². The number of sulfonamides is 1. The monoisotopic (exact) mass is 306 g/mol. The number of nitrogens with two attached hydrogens (primary N) is 1. The van der Waals surface area contributed by atoms with Gasteiger partial charge in [0.15, 0.2) is 0 Å². The van der Waals surface area contributed by atoms with E-state index in [-0.39, 0.29) is 17.5 Å². The van der Waals surface area contributed by atoms with Gasteiger partial charge in [-0.3, -0.25) is 4.31 Å². The lowest BCUT2D eigenvalue weighted by atomic mass is 9.99. The average molecular weight is 306 g/mol.